The zero-order chi connectivity index (χ0) is 55.2. The third-order valence-corrected chi connectivity index (χ3v) is 22.3. The molecule has 13 rings (SSSR count). The normalized spacial score (nSPS) is 23.7. The molecule has 0 amide bonds. The highest BCUT2D eigenvalue weighted by Crippen LogP contribution is 2.57. The van der Waals surface area contributed by atoms with E-state index in [1.54, 1.807) is 0 Å². The predicted octanol–water partition coefficient (Wildman–Crippen LogP) is 19.5. The Bertz CT molecular complexity index is 3660. The number of rotatable bonds is 7. The van der Waals surface area contributed by atoms with E-state index in [1.165, 1.54) is 171 Å². The summed E-state index contributed by atoms with van der Waals surface area (Å²) in [5, 5.41) is 6.65. The summed E-state index contributed by atoms with van der Waals surface area (Å²) in [6, 6.07) is 35.4. The van der Waals surface area contributed by atoms with E-state index in [1.807, 2.05) is 0 Å². The van der Waals surface area contributed by atoms with Gasteiger partial charge in [-0.1, -0.05) is 160 Å². The minimum Gasteiger partial charge on any atom is -0.455 e. The van der Waals surface area contributed by atoms with Crippen LogP contribution in [0.1, 0.15) is 244 Å². The van der Waals surface area contributed by atoms with Gasteiger partial charge in [0.25, 0.3) is 0 Å². The molecule has 6 aromatic carbocycles. The molecule has 0 spiro atoms. The zero-order valence-corrected chi connectivity index (χ0v) is 51.1. The van der Waals surface area contributed by atoms with E-state index in [2.05, 4.69) is 213 Å². The summed E-state index contributed by atoms with van der Waals surface area (Å²) in [7, 11) is 0.849. The van der Waals surface area contributed by atoms with E-state index in [0.717, 1.165) is 29.8 Å². The lowest BCUT2D eigenvalue weighted by molar-refractivity contribution is 0.332. The SMILES string of the molecule is CCCC1CC1c1cc(-c2c(Nc3ccc4c(c3)C(C)(C)CCC4(C)C)ccc3c2oc2cc4c(cc23)C(C)(C)CCC4(C)C)c2c(c1)N(c1ccc3c(c1)C(C)(C)CCC3(C)C)c1cc3c(cc1B2)C(C)(C)CCC3(C)C. The number of anilines is 5. The second kappa shape index (κ2) is 16.9. The summed E-state index contributed by atoms with van der Waals surface area (Å²) in [6.07, 6.45) is 13.2. The second-order valence-electron chi connectivity index (χ2n) is 31.5. The number of hydrogen-bond acceptors (Lipinski definition) is 3. The molecule has 6 aliphatic rings. The monoisotopic (exact) mass is 1030 g/mol. The first-order valence-electron chi connectivity index (χ1n) is 30.8. The molecule has 0 saturated heterocycles. The Morgan fingerprint density at radius 1 is 0.500 bits per heavy atom. The fraction of sp³-hybridized carbons (Fsp3) is 0.514. The smallest absolute Gasteiger partial charge is 0.198 e. The molecular formula is C74H91BN2O. The van der Waals surface area contributed by atoms with Gasteiger partial charge in [-0.3, -0.25) is 0 Å². The average molecular weight is 1040 g/mol. The second-order valence-corrected chi connectivity index (χ2v) is 31.5. The first-order valence-corrected chi connectivity index (χ1v) is 30.8. The quantitative estimate of drug-likeness (QED) is 0.161. The standard InChI is InChI=1S/C74H91BN2O/c1-18-19-43-34-48(43)44-35-50(65-62(36-44)77(46-21-24-52-54(38-46)70(8,9)29-27-68(52,4)5)61-41-57-56(40-59(61)75-65)72(12,13)31-32-73(57,14)15)64-60(76-45-20-23-51-53(37-45)69(6,7)28-26-67(51,2)3)25-22-47-49-39-55-58(42-63(49)78-66(47)64)74(16,17)33-30-71(55,10)11/h20-25,35-43,48,75-76H,18-19,26-34H2,1-17H3. The number of nitrogens with zero attached hydrogens (tertiary/aromatic N) is 1. The molecule has 0 bridgehead atoms. The van der Waals surface area contributed by atoms with Gasteiger partial charge in [0.1, 0.15) is 11.2 Å². The summed E-state index contributed by atoms with van der Waals surface area (Å²) in [5.41, 5.74) is 27.7. The van der Waals surface area contributed by atoms with Crippen LogP contribution in [0.2, 0.25) is 0 Å². The first-order chi connectivity index (χ1) is 36.5. The van der Waals surface area contributed by atoms with Crippen LogP contribution in [0, 0.1) is 5.92 Å². The van der Waals surface area contributed by atoms with Gasteiger partial charge in [0, 0.05) is 39.1 Å². The Labute approximate surface area is 470 Å². The highest BCUT2D eigenvalue weighted by Gasteiger charge is 2.45. The van der Waals surface area contributed by atoms with Crippen molar-refractivity contribution in [3.63, 3.8) is 0 Å². The molecule has 0 radical (unpaired) electrons. The number of furan rings is 1. The largest absolute Gasteiger partial charge is 0.455 e. The van der Waals surface area contributed by atoms with Crippen LogP contribution < -0.4 is 21.1 Å². The molecule has 1 N–H and O–H groups in total. The van der Waals surface area contributed by atoms with E-state index in [0.29, 0.717) is 11.8 Å². The molecule has 1 aromatic heterocycles. The van der Waals surface area contributed by atoms with Crippen LogP contribution in [0.15, 0.2) is 89.3 Å². The minimum absolute atomic E-state index is 0.0660. The van der Waals surface area contributed by atoms with Crippen molar-refractivity contribution >= 4 is 68.6 Å². The van der Waals surface area contributed by atoms with Gasteiger partial charge in [-0.2, -0.15) is 0 Å². The Morgan fingerprint density at radius 2 is 1.01 bits per heavy atom. The van der Waals surface area contributed by atoms with Crippen molar-refractivity contribution in [3.05, 3.63) is 135 Å². The number of hydrogen-bond donors (Lipinski definition) is 1. The van der Waals surface area contributed by atoms with Crippen LogP contribution >= 0.6 is 0 Å². The van der Waals surface area contributed by atoms with Gasteiger partial charge >= 0.3 is 0 Å². The van der Waals surface area contributed by atoms with Gasteiger partial charge < -0.3 is 14.6 Å². The molecule has 1 fully saturated rings. The van der Waals surface area contributed by atoms with Crippen molar-refractivity contribution in [3.8, 4) is 11.1 Å². The van der Waals surface area contributed by atoms with Gasteiger partial charge in [0.15, 0.2) is 7.28 Å². The molecule has 7 aromatic rings. The highest BCUT2D eigenvalue weighted by molar-refractivity contribution is 6.73. The van der Waals surface area contributed by atoms with Crippen molar-refractivity contribution in [2.24, 2.45) is 5.92 Å². The molecule has 2 atom stereocenters. The van der Waals surface area contributed by atoms with Crippen LogP contribution in [-0.2, 0) is 43.3 Å². The topological polar surface area (TPSA) is 28.4 Å². The van der Waals surface area contributed by atoms with Gasteiger partial charge in [0.2, 0.25) is 0 Å². The van der Waals surface area contributed by atoms with Crippen molar-refractivity contribution in [2.75, 3.05) is 10.2 Å². The number of fused-ring (bicyclic) bond motifs is 9. The van der Waals surface area contributed by atoms with E-state index in [9.17, 15) is 0 Å². The molecule has 78 heavy (non-hydrogen) atoms. The summed E-state index contributed by atoms with van der Waals surface area (Å²) < 4.78 is 7.62. The lowest BCUT2D eigenvalue weighted by atomic mass is 9.55. The third-order valence-electron chi connectivity index (χ3n) is 22.3. The van der Waals surface area contributed by atoms with Gasteiger partial charge in [0.05, 0.1) is 5.69 Å². The van der Waals surface area contributed by atoms with Gasteiger partial charge in [-0.25, -0.2) is 0 Å². The molecule has 5 aliphatic carbocycles. The molecule has 2 heterocycles. The zero-order valence-electron chi connectivity index (χ0n) is 51.1. The molecular weight excluding hydrogens is 944 g/mol. The number of benzene rings is 6. The average Bonchev–Trinajstić information content (AvgIpc) is 4.12. The molecule has 406 valence electrons. The molecule has 3 nitrogen and oxygen atoms in total. The molecule has 1 saturated carbocycles. The maximum Gasteiger partial charge on any atom is 0.198 e. The Morgan fingerprint density at radius 3 is 1.60 bits per heavy atom. The van der Waals surface area contributed by atoms with Crippen LogP contribution in [0.5, 0.6) is 0 Å². The predicted molar refractivity (Wildman–Crippen MR) is 337 cm³/mol. The van der Waals surface area contributed by atoms with Crippen LogP contribution in [0.4, 0.5) is 28.4 Å². The Hall–Kier alpha value is -5.22. The lowest BCUT2D eigenvalue weighted by Gasteiger charge is -2.45. The van der Waals surface area contributed by atoms with Gasteiger partial charge in [-0.05, 0) is 235 Å². The first kappa shape index (κ1) is 52.2. The van der Waals surface area contributed by atoms with E-state index >= 15 is 0 Å². The van der Waals surface area contributed by atoms with Crippen molar-refractivity contribution < 1.29 is 4.42 Å². The van der Waals surface area contributed by atoms with Crippen LogP contribution in [-0.4, -0.2) is 7.28 Å². The van der Waals surface area contributed by atoms with E-state index in [4.69, 9.17) is 4.42 Å². The summed E-state index contributed by atoms with van der Waals surface area (Å²) in [6.45, 7) is 41.9. The Kier molecular flexibility index (Phi) is 11.3. The maximum atomic E-state index is 7.62. The summed E-state index contributed by atoms with van der Waals surface area (Å²) >= 11 is 0. The van der Waals surface area contributed by atoms with Crippen LogP contribution in [0.25, 0.3) is 33.1 Å². The van der Waals surface area contributed by atoms with E-state index < -0.39 is 0 Å². The summed E-state index contributed by atoms with van der Waals surface area (Å²) in [5.74, 6) is 1.23. The molecule has 2 unspecified atom stereocenters. The third kappa shape index (κ3) is 8.06. The molecule has 4 heteroatoms. The lowest BCUT2D eigenvalue weighted by Crippen LogP contribution is -2.44. The van der Waals surface area contributed by atoms with E-state index in [-0.39, 0.29) is 43.3 Å². The fourth-order valence-corrected chi connectivity index (χ4v) is 16.3. The fourth-order valence-electron chi connectivity index (χ4n) is 16.3. The highest BCUT2D eigenvalue weighted by atomic mass is 16.3. The maximum absolute atomic E-state index is 7.62. The van der Waals surface area contributed by atoms with Crippen molar-refractivity contribution in [1.82, 2.24) is 0 Å². The minimum atomic E-state index is 0.0660. The van der Waals surface area contributed by atoms with Crippen molar-refractivity contribution in [2.45, 2.75) is 238 Å². The van der Waals surface area contributed by atoms with Crippen molar-refractivity contribution in [1.29, 1.82) is 0 Å². The van der Waals surface area contributed by atoms with Gasteiger partial charge in [-0.15, -0.1) is 0 Å². The van der Waals surface area contributed by atoms with Crippen LogP contribution in [0.3, 0.4) is 0 Å². The summed E-state index contributed by atoms with van der Waals surface area (Å²) in [4.78, 5) is 2.76. The molecule has 1 aliphatic heterocycles. The number of nitrogens with one attached hydrogen (secondary N) is 1. The Balaban J connectivity index is 1.12.